The molecule has 0 radical (unpaired) electrons. The number of hydrogen-bond acceptors (Lipinski definition) is 7. The fourth-order valence-corrected chi connectivity index (χ4v) is 6.61. The first kappa shape index (κ1) is 21.4. The monoisotopic (exact) mass is 465 g/mol. The van der Waals surface area contributed by atoms with Gasteiger partial charge in [-0.05, 0) is 61.3 Å². The molecule has 1 aromatic carbocycles. The summed E-state index contributed by atoms with van der Waals surface area (Å²) in [7, 11) is 0. The fourth-order valence-electron chi connectivity index (χ4n) is 4.53. The summed E-state index contributed by atoms with van der Waals surface area (Å²) < 4.78 is 0. The van der Waals surface area contributed by atoms with Gasteiger partial charge in [-0.15, -0.1) is 23.1 Å². The van der Waals surface area contributed by atoms with Gasteiger partial charge in [-0.2, -0.15) is 0 Å². The molecule has 3 aromatic rings. The zero-order chi connectivity index (χ0) is 22.1. The summed E-state index contributed by atoms with van der Waals surface area (Å²) in [5, 5.41) is 5.44. The number of aryl methyl sites for hydroxylation is 1. The van der Waals surface area contributed by atoms with E-state index >= 15 is 0 Å². The SMILES string of the molecule is CCCCSc1ccnc(Nc2cc(C)cc(-c3cnc(C45CCCN4C(=O)C5)s3)c2)n1. The molecule has 8 heteroatoms. The van der Waals surface area contributed by atoms with E-state index in [0.717, 1.165) is 56.9 Å². The van der Waals surface area contributed by atoms with Crippen molar-refractivity contribution < 1.29 is 4.79 Å². The van der Waals surface area contributed by atoms with E-state index < -0.39 is 0 Å². The lowest BCUT2D eigenvalue weighted by Gasteiger charge is -2.45. The van der Waals surface area contributed by atoms with Gasteiger partial charge in [0.25, 0.3) is 0 Å². The molecule has 0 spiro atoms. The molecule has 0 saturated carbocycles. The Bertz CT molecular complexity index is 1150. The van der Waals surface area contributed by atoms with Crippen LogP contribution in [0.15, 0.2) is 41.7 Å². The maximum atomic E-state index is 12.0. The van der Waals surface area contributed by atoms with Crippen LogP contribution >= 0.6 is 23.1 Å². The normalized spacial score (nSPS) is 19.7. The third-order valence-electron chi connectivity index (χ3n) is 6.13. The van der Waals surface area contributed by atoms with Crippen molar-refractivity contribution in [1.29, 1.82) is 0 Å². The molecule has 2 fully saturated rings. The minimum Gasteiger partial charge on any atom is -0.330 e. The number of rotatable bonds is 8. The Balaban J connectivity index is 1.36. The number of aromatic nitrogens is 3. The van der Waals surface area contributed by atoms with Crippen LogP contribution in [0.2, 0.25) is 0 Å². The molecule has 6 nitrogen and oxygen atoms in total. The highest BCUT2D eigenvalue weighted by atomic mass is 32.2. The molecule has 5 rings (SSSR count). The summed E-state index contributed by atoms with van der Waals surface area (Å²) in [5.74, 6) is 1.94. The first-order valence-corrected chi connectivity index (χ1v) is 13.0. The first-order valence-electron chi connectivity index (χ1n) is 11.2. The molecule has 2 aliphatic heterocycles. The second-order valence-corrected chi connectivity index (χ2v) is 10.7. The zero-order valence-electron chi connectivity index (χ0n) is 18.4. The average Bonchev–Trinajstić information content (AvgIpc) is 3.39. The van der Waals surface area contributed by atoms with Crippen LogP contribution in [0.3, 0.4) is 0 Å². The van der Waals surface area contributed by atoms with Crippen molar-refractivity contribution in [3.63, 3.8) is 0 Å². The van der Waals surface area contributed by atoms with Gasteiger partial charge in [0.05, 0.1) is 11.3 Å². The number of unbranched alkanes of at least 4 members (excludes halogenated alkanes) is 1. The molecule has 1 amide bonds. The van der Waals surface area contributed by atoms with Gasteiger partial charge < -0.3 is 10.2 Å². The van der Waals surface area contributed by atoms with E-state index in [0.29, 0.717) is 12.4 Å². The Morgan fingerprint density at radius 1 is 1.28 bits per heavy atom. The highest BCUT2D eigenvalue weighted by Crippen LogP contribution is 2.51. The molecular formula is C24H27N5OS2. The minimum atomic E-state index is -0.144. The lowest BCUT2D eigenvalue weighted by atomic mass is 9.85. The summed E-state index contributed by atoms with van der Waals surface area (Å²) in [6.45, 7) is 5.16. The van der Waals surface area contributed by atoms with Gasteiger partial charge in [0, 0.05) is 24.6 Å². The molecule has 0 bridgehead atoms. The molecule has 1 atom stereocenters. The number of benzene rings is 1. The third kappa shape index (κ3) is 4.01. The van der Waals surface area contributed by atoms with Crippen LogP contribution in [-0.2, 0) is 10.3 Å². The predicted octanol–water partition coefficient (Wildman–Crippen LogP) is 5.77. The Labute approximate surface area is 196 Å². The number of fused-ring (bicyclic) bond motifs is 1. The number of anilines is 2. The largest absolute Gasteiger partial charge is 0.330 e. The Morgan fingerprint density at radius 2 is 2.19 bits per heavy atom. The molecule has 4 heterocycles. The van der Waals surface area contributed by atoms with Gasteiger partial charge in [-0.3, -0.25) is 4.79 Å². The molecule has 166 valence electrons. The molecule has 1 N–H and O–H groups in total. The number of carbonyl (C=O) groups is 1. The summed E-state index contributed by atoms with van der Waals surface area (Å²) in [6, 6.07) is 8.37. The second-order valence-electron chi connectivity index (χ2n) is 8.52. The number of nitrogens with zero attached hydrogens (tertiary/aromatic N) is 4. The van der Waals surface area contributed by atoms with Crippen molar-refractivity contribution in [1.82, 2.24) is 19.9 Å². The molecule has 32 heavy (non-hydrogen) atoms. The highest BCUT2D eigenvalue weighted by molar-refractivity contribution is 7.99. The smallest absolute Gasteiger partial charge is 0.228 e. The van der Waals surface area contributed by atoms with Crippen LogP contribution in [0.25, 0.3) is 10.4 Å². The first-order chi connectivity index (χ1) is 15.6. The average molecular weight is 466 g/mol. The Kier molecular flexibility index (Phi) is 5.90. The summed E-state index contributed by atoms with van der Waals surface area (Å²) in [5.41, 5.74) is 3.10. The van der Waals surface area contributed by atoms with Gasteiger partial charge in [-0.1, -0.05) is 19.4 Å². The van der Waals surface area contributed by atoms with E-state index in [1.807, 2.05) is 23.4 Å². The topological polar surface area (TPSA) is 71.0 Å². The minimum absolute atomic E-state index is 0.144. The van der Waals surface area contributed by atoms with Crippen LogP contribution in [0.4, 0.5) is 11.6 Å². The van der Waals surface area contributed by atoms with Crippen molar-refractivity contribution in [3.05, 3.63) is 47.2 Å². The van der Waals surface area contributed by atoms with Gasteiger partial charge in [0.1, 0.15) is 15.6 Å². The Hall–Kier alpha value is -2.45. The van der Waals surface area contributed by atoms with E-state index in [9.17, 15) is 4.79 Å². The van der Waals surface area contributed by atoms with Gasteiger partial charge in [0.15, 0.2) is 0 Å². The number of amides is 1. The van der Waals surface area contributed by atoms with Crippen molar-refractivity contribution in [2.45, 2.75) is 56.5 Å². The van der Waals surface area contributed by atoms with Gasteiger partial charge in [-0.25, -0.2) is 15.0 Å². The van der Waals surface area contributed by atoms with E-state index in [1.54, 1.807) is 23.1 Å². The van der Waals surface area contributed by atoms with E-state index in [-0.39, 0.29) is 11.4 Å². The number of thiazole rings is 1. The molecule has 2 saturated heterocycles. The molecular weight excluding hydrogens is 438 g/mol. The van der Waals surface area contributed by atoms with Crippen molar-refractivity contribution in [2.75, 3.05) is 17.6 Å². The fraction of sp³-hybridized carbons (Fsp3) is 0.417. The van der Waals surface area contributed by atoms with Crippen molar-refractivity contribution in [3.8, 4) is 10.4 Å². The summed E-state index contributed by atoms with van der Waals surface area (Å²) >= 11 is 3.48. The quantitative estimate of drug-likeness (QED) is 0.197. The van der Waals surface area contributed by atoms with Gasteiger partial charge >= 0.3 is 0 Å². The number of β-lactam (4-membered cyclic amide) rings is 1. The number of carbonyl (C=O) groups excluding carboxylic acids is 1. The van der Waals surface area contributed by atoms with Crippen LogP contribution in [0.1, 0.15) is 49.6 Å². The molecule has 2 aromatic heterocycles. The standard InChI is InChI=1S/C24H27N5OS2/c1-3-4-10-31-20-6-8-25-23(28-20)27-18-12-16(2)11-17(13-18)19-15-26-22(32-19)24-7-5-9-29(24)21(30)14-24/h6,8,11-13,15H,3-5,7,9-10,14H2,1-2H3,(H,25,27,28). The van der Waals surface area contributed by atoms with Crippen LogP contribution in [0, 0.1) is 6.92 Å². The highest BCUT2D eigenvalue weighted by Gasteiger charge is 2.56. The number of hydrogen-bond donors (Lipinski definition) is 1. The van der Waals surface area contributed by atoms with Gasteiger partial charge in [0.2, 0.25) is 11.9 Å². The summed E-state index contributed by atoms with van der Waals surface area (Å²) in [6.07, 6.45) is 8.82. The van der Waals surface area contributed by atoms with Crippen LogP contribution < -0.4 is 5.32 Å². The lowest BCUT2D eigenvalue weighted by Crippen LogP contribution is -2.57. The van der Waals surface area contributed by atoms with E-state index in [4.69, 9.17) is 4.98 Å². The third-order valence-corrected chi connectivity index (χ3v) is 8.39. The van der Waals surface area contributed by atoms with E-state index in [2.05, 4.69) is 47.3 Å². The molecule has 0 aliphatic carbocycles. The Morgan fingerprint density at radius 3 is 3.03 bits per heavy atom. The molecule has 1 unspecified atom stereocenters. The number of thioether (sulfide) groups is 1. The summed E-state index contributed by atoms with van der Waals surface area (Å²) in [4.78, 5) is 29.0. The van der Waals surface area contributed by atoms with Crippen LogP contribution in [-0.4, -0.2) is 38.1 Å². The lowest BCUT2D eigenvalue weighted by molar-refractivity contribution is -0.153. The number of nitrogens with one attached hydrogen (secondary N) is 1. The van der Waals surface area contributed by atoms with Crippen LogP contribution in [0.5, 0.6) is 0 Å². The van der Waals surface area contributed by atoms with Crippen molar-refractivity contribution in [2.24, 2.45) is 0 Å². The van der Waals surface area contributed by atoms with E-state index in [1.165, 1.54) is 12.8 Å². The predicted molar refractivity (Wildman–Crippen MR) is 130 cm³/mol. The maximum absolute atomic E-state index is 12.0. The zero-order valence-corrected chi connectivity index (χ0v) is 20.1. The molecule has 2 aliphatic rings. The maximum Gasteiger partial charge on any atom is 0.228 e. The van der Waals surface area contributed by atoms with Crippen molar-refractivity contribution >= 4 is 40.6 Å². The second kappa shape index (κ2) is 8.83.